The van der Waals surface area contributed by atoms with Crippen LogP contribution in [0.5, 0.6) is 0 Å². The summed E-state index contributed by atoms with van der Waals surface area (Å²) in [6.45, 7) is 2.12. The van der Waals surface area contributed by atoms with Gasteiger partial charge < -0.3 is 9.64 Å². The molecule has 7 nitrogen and oxygen atoms in total. The van der Waals surface area contributed by atoms with Gasteiger partial charge in [0.2, 0.25) is 5.82 Å². The molecular weight excluding hydrogens is 295 g/mol. The molecule has 1 heterocycles. The molecule has 1 saturated heterocycles. The minimum Gasteiger partial charge on any atom is -0.464 e. The molecule has 0 unspecified atom stereocenters. The topological polar surface area (TPSA) is 89.8 Å². The largest absolute Gasteiger partial charge is 0.464 e. The van der Waals surface area contributed by atoms with Crippen molar-refractivity contribution in [3.05, 3.63) is 39.7 Å². The first-order chi connectivity index (χ1) is 10.5. The van der Waals surface area contributed by atoms with Gasteiger partial charge >= 0.3 is 11.7 Å². The van der Waals surface area contributed by atoms with Gasteiger partial charge in [0.1, 0.15) is 6.04 Å². The van der Waals surface area contributed by atoms with Crippen LogP contribution >= 0.6 is 0 Å². The number of nitrogens with zero attached hydrogens (tertiary/aromatic N) is 2. The molecule has 0 radical (unpaired) electrons. The van der Waals surface area contributed by atoms with Gasteiger partial charge in [-0.05, 0) is 25.8 Å². The van der Waals surface area contributed by atoms with Gasteiger partial charge in [0.05, 0.1) is 17.1 Å². The second kappa shape index (κ2) is 6.50. The number of amides is 1. The van der Waals surface area contributed by atoms with Crippen molar-refractivity contribution in [1.82, 2.24) is 4.90 Å². The predicted molar refractivity (Wildman–Crippen MR) is 73.7 cm³/mol. The van der Waals surface area contributed by atoms with Gasteiger partial charge in [0.15, 0.2) is 0 Å². The number of nitro groups is 1. The lowest BCUT2D eigenvalue weighted by Crippen LogP contribution is -2.41. The number of likely N-dealkylation sites (tertiary alicyclic amines) is 1. The molecule has 8 heteroatoms. The van der Waals surface area contributed by atoms with Crippen LogP contribution in [0.3, 0.4) is 0 Å². The van der Waals surface area contributed by atoms with E-state index in [1.807, 2.05) is 0 Å². The Balaban J connectivity index is 2.30. The summed E-state index contributed by atoms with van der Waals surface area (Å²) in [4.78, 5) is 35.3. The average molecular weight is 310 g/mol. The van der Waals surface area contributed by atoms with Gasteiger partial charge in [-0.3, -0.25) is 14.9 Å². The van der Waals surface area contributed by atoms with Crippen LogP contribution in [0.2, 0.25) is 0 Å². The third-order valence-corrected chi connectivity index (χ3v) is 3.48. The Morgan fingerprint density at radius 3 is 2.86 bits per heavy atom. The zero-order valence-corrected chi connectivity index (χ0v) is 12.0. The molecule has 1 aromatic carbocycles. The number of carbonyl (C=O) groups excluding carboxylic acids is 2. The summed E-state index contributed by atoms with van der Waals surface area (Å²) in [5.41, 5.74) is -1.18. The molecule has 1 aliphatic rings. The molecule has 0 spiro atoms. The third-order valence-electron chi connectivity index (χ3n) is 3.48. The number of rotatable bonds is 4. The number of esters is 1. The molecule has 0 N–H and O–H groups in total. The molecular formula is C14H15FN2O5. The minimum atomic E-state index is -1.19. The van der Waals surface area contributed by atoms with Gasteiger partial charge in [0, 0.05) is 12.6 Å². The van der Waals surface area contributed by atoms with E-state index >= 15 is 0 Å². The Morgan fingerprint density at radius 1 is 1.50 bits per heavy atom. The van der Waals surface area contributed by atoms with Crippen molar-refractivity contribution >= 4 is 17.6 Å². The van der Waals surface area contributed by atoms with Gasteiger partial charge in [-0.2, -0.15) is 4.39 Å². The summed E-state index contributed by atoms with van der Waals surface area (Å²) in [6, 6.07) is 2.62. The minimum absolute atomic E-state index is 0.183. The number of hydrogen-bond donors (Lipinski definition) is 0. The highest BCUT2D eigenvalue weighted by Gasteiger charge is 2.37. The Labute approximate surface area is 125 Å². The molecule has 1 aromatic rings. The lowest BCUT2D eigenvalue weighted by Gasteiger charge is -2.23. The van der Waals surface area contributed by atoms with Crippen molar-refractivity contribution in [2.75, 3.05) is 13.2 Å². The highest BCUT2D eigenvalue weighted by atomic mass is 19.1. The summed E-state index contributed by atoms with van der Waals surface area (Å²) >= 11 is 0. The Hall–Kier alpha value is -2.51. The van der Waals surface area contributed by atoms with Gasteiger partial charge in [-0.25, -0.2) is 4.79 Å². The summed E-state index contributed by atoms with van der Waals surface area (Å²) in [7, 11) is 0. The lowest BCUT2D eigenvalue weighted by atomic mass is 10.1. The standard InChI is InChI=1S/C14H15FN2O5/c1-2-22-14(19)11-7-4-8-16(11)13(18)9-5-3-6-10(12(9)15)17(20)21/h3,5-6,11H,2,4,7-8H2,1H3/t11-/m0/s1. The van der Waals surface area contributed by atoms with Crippen LogP contribution in [0, 0.1) is 15.9 Å². The Morgan fingerprint density at radius 2 is 2.23 bits per heavy atom. The van der Waals surface area contributed by atoms with E-state index < -0.39 is 39.9 Å². The fourth-order valence-electron chi connectivity index (χ4n) is 2.47. The van der Waals surface area contributed by atoms with E-state index in [0.29, 0.717) is 12.8 Å². The van der Waals surface area contributed by atoms with Crippen LogP contribution in [-0.4, -0.2) is 40.9 Å². The van der Waals surface area contributed by atoms with Crippen molar-refractivity contribution in [2.45, 2.75) is 25.8 Å². The highest BCUT2D eigenvalue weighted by molar-refractivity contribution is 5.98. The summed E-state index contributed by atoms with van der Waals surface area (Å²) in [5, 5.41) is 10.7. The summed E-state index contributed by atoms with van der Waals surface area (Å²) in [6.07, 6.45) is 1.02. The van der Waals surface area contributed by atoms with Crippen LogP contribution in [0.25, 0.3) is 0 Å². The Bertz CT molecular complexity index is 619. The molecule has 0 bridgehead atoms. The number of hydrogen-bond acceptors (Lipinski definition) is 5. The van der Waals surface area contributed by atoms with Gasteiger partial charge in [-0.1, -0.05) is 6.07 Å². The van der Waals surface area contributed by atoms with Crippen LogP contribution in [-0.2, 0) is 9.53 Å². The van der Waals surface area contributed by atoms with E-state index in [-0.39, 0.29) is 13.2 Å². The molecule has 1 fully saturated rings. The van der Waals surface area contributed by atoms with Crippen molar-refractivity contribution < 1.29 is 23.6 Å². The van der Waals surface area contributed by atoms with Gasteiger partial charge in [0.25, 0.3) is 5.91 Å². The quantitative estimate of drug-likeness (QED) is 0.481. The van der Waals surface area contributed by atoms with Crippen molar-refractivity contribution in [1.29, 1.82) is 0 Å². The molecule has 2 rings (SSSR count). The molecule has 1 atom stereocenters. The molecule has 0 saturated carbocycles. The second-order valence-corrected chi connectivity index (χ2v) is 4.80. The van der Waals surface area contributed by atoms with E-state index in [0.717, 1.165) is 6.07 Å². The molecule has 1 aliphatic heterocycles. The lowest BCUT2D eigenvalue weighted by molar-refractivity contribution is -0.387. The third kappa shape index (κ3) is 2.90. The smallest absolute Gasteiger partial charge is 0.328 e. The first-order valence-corrected chi connectivity index (χ1v) is 6.87. The molecule has 1 amide bonds. The Kier molecular flexibility index (Phi) is 4.69. The van der Waals surface area contributed by atoms with E-state index in [9.17, 15) is 24.1 Å². The number of halogens is 1. The molecule has 22 heavy (non-hydrogen) atoms. The van der Waals surface area contributed by atoms with E-state index in [1.54, 1.807) is 6.92 Å². The monoisotopic (exact) mass is 310 g/mol. The summed E-state index contributed by atoms with van der Waals surface area (Å²) < 4.78 is 19.0. The van der Waals surface area contributed by atoms with Gasteiger partial charge in [-0.15, -0.1) is 0 Å². The highest BCUT2D eigenvalue weighted by Crippen LogP contribution is 2.25. The second-order valence-electron chi connectivity index (χ2n) is 4.80. The molecule has 0 aliphatic carbocycles. The van der Waals surface area contributed by atoms with Crippen molar-refractivity contribution in [3.63, 3.8) is 0 Å². The normalized spacial score (nSPS) is 17.4. The number of carbonyl (C=O) groups is 2. The zero-order valence-electron chi connectivity index (χ0n) is 12.0. The molecule has 118 valence electrons. The first-order valence-electron chi connectivity index (χ1n) is 6.87. The SMILES string of the molecule is CCOC(=O)[C@@H]1CCCN1C(=O)c1cccc([N+](=O)[O-])c1F. The van der Waals surface area contributed by atoms with Crippen LogP contribution < -0.4 is 0 Å². The van der Waals surface area contributed by atoms with Crippen molar-refractivity contribution in [2.24, 2.45) is 0 Å². The van der Waals surface area contributed by atoms with E-state index in [1.165, 1.54) is 17.0 Å². The van der Waals surface area contributed by atoms with E-state index in [2.05, 4.69) is 0 Å². The van der Waals surface area contributed by atoms with Crippen molar-refractivity contribution in [3.8, 4) is 0 Å². The fourth-order valence-corrected chi connectivity index (χ4v) is 2.47. The number of benzene rings is 1. The number of nitro benzene ring substituents is 1. The fraction of sp³-hybridized carbons (Fsp3) is 0.429. The maximum atomic E-state index is 14.1. The van der Waals surface area contributed by atoms with Crippen LogP contribution in [0.1, 0.15) is 30.1 Å². The number of ether oxygens (including phenoxy) is 1. The van der Waals surface area contributed by atoms with Crippen LogP contribution in [0.15, 0.2) is 18.2 Å². The maximum absolute atomic E-state index is 14.1. The zero-order chi connectivity index (χ0) is 16.3. The average Bonchev–Trinajstić information content (AvgIpc) is 2.96. The summed E-state index contributed by atoms with van der Waals surface area (Å²) in [5.74, 6) is -2.47. The van der Waals surface area contributed by atoms with Crippen LogP contribution in [0.4, 0.5) is 10.1 Å². The molecule has 0 aromatic heterocycles. The van der Waals surface area contributed by atoms with E-state index in [4.69, 9.17) is 4.74 Å². The maximum Gasteiger partial charge on any atom is 0.328 e. The first kappa shape index (κ1) is 15.9. The predicted octanol–water partition coefficient (Wildman–Crippen LogP) is 1.90.